The molecule has 0 bridgehead atoms. The highest BCUT2D eigenvalue weighted by atomic mass is 19.3. The third kappa shape index (κ3) is 6.27. The van der Waals surface area contributed by atoms with Gasteiger partial charge in [0.05, 0.1) is 6.54 Å². The molecule has 0 atom stereocenters. The van der Waals surface area contributed by atoms with E-state index in [1.165, 1.54) is 0 Å². The third-order valence-corrected chi connectivity index (χ3v) is 1.66. The van der Waals surface area contributed by atoms with E-state index in [1.54, 1.807) is 11.8 Å². The van der Waals surface area contributed by atoms with Gasteiger partial charge in [-0.05, 0) is 6.54 Å². The van der Waals surface area contributed by atoms with E-state index in [-0.39, 0.29) is 12.4 Å². The number of rotatable bonds is 6. The van der Waals surface area contributed by atoms with Gasteiger partial charge in [-0.2, -0.15) is 0 Å². The zero-order chi connectivity index (χ0) is 10.3. The molecule has 0 aromatic carbocycles. The maximum atomic E-state index is 11.9. The molecule has 0 aliphatic carbocycles. The summed E-state index contributed by atoms with van der Waals surface area (Å²) >= 11 is 0. The first-order valence-corrected chi connectivity index (χ1v) is 4.07. The lowest BCUT2D eigenvalue weighted by molar-refractivity contribution is 0.0920. The quantitative estimate of drug-likeness (QED) is 0.284. The fourth-order valence-corrected chi connectivity index (χ4v) is 0.896. The molecule has 0 spiro atoms. The molecule has 6 heteroatoms. The van der Waals surface area contributed by atoms with Gasteiger partial charge < -0.3 is 10.9 Å². The van der Waals surface area contributed by atoms with Crippen molar-refractivity contribution in [3.05, 3.63) is 0 Å². The first-order valence-electron chi connectivity index (χ1n) is 4.07. The summed E-state index contributed by atoms with van der Waals surface area (Å²) in [5.41, 5.74) is 5.19. The number of amidine groups is 1. The van der Waals surface area contributed by atoms with Gasteiger partial charge in [0.25, 0.3) is 6.43 Å². The Bertz CT molecular complexity index is 164. The Labute approximate surface area is 76.0 Å². The Hall–Kier alpha value is -0.910. The number of alkyl halides is 2. The van der Waals surface area contributed by atoms with E-state index >= 15 is 0 Å². The van der Waals surface area contributed by atoms with Crippen LogP contribution in [0.1, 0.15) is 13.3 Å². The second kappa shape index (κ2) is 6.59. The molecule has 0 amide bonds. The second-order valence-corrected chi connectivity index (χ2v) is 2.63. The summed E-state index contributed by atoms with van der Waals surface area (Å²) in [5, 5.41) is 11.0. The average molecular weight is 195 g/mol. The molecule has 0 unspecified atom stereocenters. The van der Waals surface area contributed by atoms with Gasteiger partial charge in [-0.3, -0.25) is 4.90 Å². The summed E-state index contributed by atoms with van der Waals surface area (Å²) in [4.78, 5) is 1.54. The first kappa shape index (κ1) is 12.1. The molecule has 3 N–H and O–H groups in total. The highest BCUT2D eigenvalue weighted by molar-refractivity contribution is 5.79. The number of hydrogen-bond acceptors (Lipinski definition) is 3. The molecule has 0 heterocycles. The molecular formula is C7H15F2N3O. The van der Waals surface area contributed by atoms with Crippen LogP contribution in [0.5, 0.6) is 0 Å². The van der Waals surface area contributed by atoms with Crippen LogP contribution in [0, 0.1) is 0 Å². The monoisotopic (exact) mass is 195 g/mol. The van der Waals surface area contributed by atoms with E-state index in [1.807, 2.05) is 0 Å². The lowest BCUT2D eigenvalue weighted by atomic mass is 10.3. The fourth-order valence-electron chi connectivity index (χ4n) is 0.896. The zero-order valence-corrected chi connectivity index (χ0v) is 7.58. The normalized spacial score (nSPS) is 12.8. The maximum Gasteiger partial charge on any atom is 0.251 e. The van der Waals surface area contributed by atoms with Crippen molar-refractivity contribution in [2.75, 3.05) is 19.6 Å². The average Bonchev–Trinajstić information content (AvgIpc) is 2.10. The van der Waals surface area contributed by atoms with Crippen molar-refractivity contribution in [3.8, 4) is 0 Å². The summed E-state index contributed by atoms with van der Waals surface area (Å²) < 4.78 is 23.9. The van der Waals surface area contributed by atoms with Gasteiger partial charge >= 0.3 is 0 Å². The van der Waals surface area contributed by atoms with Crippen LogP contribution in [-0.2, 0) is 0 Å². The minimum Gasteiger partial charge on any atom is -0.409 e. The Kier molecular flexibility index (Phi) is 6.13. The Balaban J connectivity index is 3.72. The van der Waals surface area contributed by atoms with Gasteiger partial charge in [0.15, 0.2) is 0 Å². The molecule has 78 valence electrons. The standard InChI is InChI=1S/C7H15F2N3O/c1-2-12(5-6(8)9)4-3-7(10)11-13/h6,13H,2-5H2,1H3,(H2,10,11). The van der Waals surface area contributed by atoms with Crippen molar-refractivity contribution >= 4 is 5.84 Å². The van der Waals surface area contributed by atoms with Crippen LogP contribution < -0.4 is 5.73 Å². The number of hydrogen-bond donors (Lipinski definition) is 2. The molecule has 4 nitrogen and oxygen atoms in total. The smallest absolute Gasteiger partial charge is 0.251 e. The van der Waals surface area contributed by atoms with E-state index in [9.17, 15) is 8.78 Å². The van der Waals surface area contributed by atoms with Gasteiger partial charge in [0.2, 0.25) is 0 Å². The number of nitrogens with two attached hydrogens (primary N) is 1. The molecule has 0 rings (SSSR count). The van der Waals surface area contributed by atoms with Crippen LogP contribution in [-0.4, -0.2) is 42.0 Å². The SMILES string of the molecule is CCN(CCC(N)=NO)CC(F)F. The van der Waals surface area contributed by atoms with E-state index in [4.69, 9.17) is 10.9 Å². The van der Waals surface area contributed by atoms with Gasteiger partial charge in [0.1, 0.15) is 5.84 Å². The van der Waals surface area contributed by atoms with Crippen LogP contribution in [0.15, 0.2) is 5.16 Å². The molecule has 0 aliphatic heterocycles. The molecule has 0 saturated carbocycles. The van der Waals surface area contributed by atoms with Crippen molar-refractivity contribution in [3.63, 3.8) is 0 Å². The van der Waals surface area contributed by atoms with Crippen LogP contribution in [0.2, 0.25) is 0 Å². The Morgan fingerprint density at radius 3 is 2.62 bits per heavy atom. The minimum atomic E-state index is -2.34. The van der Waals surface area contributed by atoms with E-state index in [0.29, 0.717) is 19.5 Å². The Morgan fingerprint density at radius 2 is 2.23 bits per heavy atom. The van der Waals surface area contributed by atoms with Crippen LogP contribution >= 0.6 is 0 Å². The lowest BCUT2D eigenvalue weighted by Crippen LogP contribution is -2.32. The van der Waals surface area contributed by atoms with Gasteiger partial charge in [0, 0.05) is 13.0 Å². The predicted octanol–water partition coefficient (Wildman–Crippen LogP) is 0.710. The third-order valence-electron chi connectivity index (χ3n) is 1.66. The molecule has 0 aromatic heterocycles. The van der Waals surface area contributed by atoms with Crippen molar-refractivity contribution in [2.24, 2.45) is 10.9 Å². The molecular weight excluding hydrogens is 180 g/mol. The maximum absolute atomic E-state index is 11.9. The molecule has 0 aromatic rings. The van der Waals surface area contributed by atoms with Crippen LogP contribution in [0.3, 0.4) is 0 Å². The topological polar surface area (TPSA) is 61.8 Å². The summed E-state index contributed by atoms with van der Waals surface area (Å²) in [7, 11) is 0. The number of nitrogens with zero attached hydrogens (tertiary/aromatic N) is 2. The predicted molar refractivity (Wildman–Crippen MR) is 46.1 cm³/mol. The van der Waals surface area contributed by atoms with E-state index in [2.05, 4.69) is 5.16 Å². The molecule has 0 saturated heterocycles. The fraction of sp³-hybridized carbons (Fsp3) is 0.857. The van der Waals surface area contributed by atoms with Crippen molar-refractivity contribution in [1.29, 1.82) is 0 Å². The summed E-state index contributed by atoms with van der Waals surface area (Å²) in [5.74, 6) is 0.0627. The van der Waals surface area contributed by atoms with Crippen LogP contribution in [0.25, 0.3) is 0 Å². The molecule has 0 radical (unpaired) electrons. The highest BCUT2D eigenvalue weighted by Crippen LogP contribution is 1.98. The number of halogens is 2. The first-order chi connectivity index (χ1) is 6.10. The van der Waals surface area contributed by atoms with E-state index < -0.39 is 6.43 Å². The second-order valence-electron chi connectivity index (χ2n) is 2.63. The summed E-state index contributed by atoms with van der Waals surface area (Å²) in [6.07, 6.45) is -2.04. The molecule has 13 heavy (non-hydrogen) atoms. The van der Waals surface area contributed by atoms with Crippen molar-refractivity contribution in [1.82, 2.24) is 4.90 Å². The molecule has 0 aliphatic rings. The zero-order valence-electron chi connectivity index (χ0n) is 7.58. The van der Waals surface area contributed by atoms with Crippen molar-refractivity contribution in [2.45, 2.75) is 19.8 Å². The summed E-state index contributed by atoms with van der Waals surface area (Å²) in [6.45, 7) is 2.43. The number of oxime groups is 1. The van der Waals surface area contributed by atoms with Gasteiger partial charge in [-0.1, -0.05) is 12.1 Å². The van der Waals surface area contributed by atoms with Crippen LogP contribution in [0.4, 0.5) is 8.78 Å². The largest absolute Gasteiger partial charge is 0.409 e. The molecule has 0 fully saturated rings. The Morgan fingerprint density at radius 1 is 1.62 bits per heavy atom. The van der Waals surface area contributed by atoms with Gasteiger partial charge in [-0.15, -0.1) is 0 Å². The lowest BCUT2D eigenvalue weighted by Gasteiger charge is -2.18. The van der Waals surface area contributed by atoms with Gasteiger partial charge in [-0.25, -0.2) is 8.78 Å². The minimum absolute atomic E-state index is 0.0627. The highest BCUT2D eigenvalue weighted by Gasteiger charge is 2.10. The summed E-state index contributed by atoms with van der Waals surface area (Å²) in [6, 6.07) is 0. The van der Waals surface area contributed by atoms with Crippen molar-refractivity contribution < 1.29 is 14.0 Å². The van der Waals surface area contributed by atoms with E-state index in [0.717, 1.165) is 0 Å².